The number of aryl methyl sites for hydroxylation is 1. The van der Waals surface area contributed by atoms with E-state index in [-0.39, 0.29) is 11.4 Å². The van der Waals surface area contributed by atoms with Crippen molar-refractivity contribution in [2.45, 2.75) is 30.5 Å². The van der Waals surface area contributed by atoms with Gasteiger partial charge in [0.1, 0.15) is 17.6 Å². The lowest BCUT2D eigenvalue weighted by molar-refractivity contribution is -0.141. The van der Waals surface area contributed by atoms with Gasteiger partial charge in [0.25, 0.3) is 0 Å². The van der Waals surface area contributed by atoms with Gasteiger partial charge in [-0.25, -0.2) is 12.8 Å². The number of fused-ring (bicyclic) bond motifs is 1. The van der Waals surface area contributed by atoms with Crippen molar-refractivity contribution in [3.63, 3.8) is 0 Å². The zero-order valence-corrected chi connectivity index (χ0v) is 19.5. The summed E-state index contributed by atoms with van der Waals surface area (Å²) in [5, 5.41) is -0.589. The Kier molecular flexibility index (Phi) is 5.92. The van der Waals surface area contributed by atoms with Gasteiger partial charge in [0.15, 0.2) is 9.84 Å². The molecule has 8 heteroatoms. The van der Waals surface area contributed by atoms with Crippen molar-refractivity contribution in [1.82, 2.24) is 4.57 Å². The molecule has 2 aromatic heterocycles. The second kappa shape index (κ2) is 8.52. The maximum Gasteiger partial charge on any atom is 0.325 e. The third-order valence-electron chi connectivity index (χ3n) is 5.51. The number of nitrogens with zero attached hydrogens (tertiary/aromatic N) is 1. The number of halogens is 1. The molecule has 0 aliphatic rings. The number of benzene rings is 2. The lowest BCUT2D eigenvalue weighted by Gasteiger charge is -2.18. The maximum absolute atomic E-state index is 14.3. The zero-order chi connectivity index (χ0) is 23.0. The van der Waals surface area contributed by atoms with E-state index in [1.54, 1.807) is 54.0 Å². The number of carbonyl (C=O) groups is 1. The predicted molar refractivity (Wildman–Crippen MR) is 123 cm³/mol. The molecule has 0 aliphatic carbocycles. The molecule has 0 fully saturated rings. The van der Waals surface area contributed by atoms with Crippen molar-refractivity contribution >= 4 is 38.0 Å². The summed E-state index contributed by atoms with van der Waals surface area (Å²) in [6.07, 6.45) is 0. The molecule has 1 atom stereocenters. The summed E-state index contributed by atoms with van der Waals surface area (Å²) < 4.78 is 48.7. The van der Waals surface area contributed by atoms with Crippen LogP contribution in [0.1, 0.15) is 26.3 Å². The number of esters is 1. The first-order chi connectivity index (χ1) is 15.2. The molecule has 1 unspecified atom stereocenters. The average Bonchev–Trinajstić information content (AvgIpc) is 3.31. The standard InChI is InChI=1S/C24H22FNO4S2/c1-15-9-12-21(31-15)24(32(28,29)18-7-5-4-6-8-18)23-16(2)26(14-22(27)30-3)20-11-10-17(25)13-19(20)23/h4-13,24H,14H2,1-3H3. The Balaban J connectivity index is 2.06. The number of hydrogen-bond donors (Lipinski definition) is 0. The monoisotopic (exact) mass is 471 g/mol. The molecular formula is C24H22FNO4S2. The van der Waals surface area contributed by atoms with E-state index in [2.05, 4.69) is 0 Å². The minimum absolute atomic E-state index is 0.105. The van der Waals surface area contributed by atoms with Gasteiger partial charge in [-0.15, -0.1) is 11.3 Å². The van der Waals surface area contributed by atoms with Gasteiger partial charge < -0.3 is 9.30 Å². The van der Waals surface area contributed by atoms with Gasteiger partial charge in [0, 0.05) is 31.9 Å². The minimum atomic E-state index is -3.88. The van der Waals surface area contributed by atoms with Gasteiger partial charge in [-0.2, -0.15) is 0 Å². The van der Waals surface area contributed by atoms with E-state index in [0.717, 1.165) is 4.88 Å². The largest absolute Gasteiger partial charge is 0.468 e. The van der Waals surface area contributed by atoms with E-state index in [4.69, 9.17) is 4.74 Å². The van der Waals surface area contributed by atoms with Crippen LogP contribution >= 0.6 is 11.3 Å². The summed E-state index contributed by atoms with van der Waals surface area (Å²) in [4.78, 5) is 13.9. The fourth-order valence-electron chi connectivity index (χ4n) is 4.00. The summed E-state index contributed by atoms with van der Waals surface area (Å²) in [6.45, 7) is 3.56. The van der Waals surface area contributed by atoms with E-state index in [1.807, 2.05) is 13.0 Å². The highest BCUT2D eigenvalue weighted by Gasteiger charge is 2.36. The Morgan fingerprint density at radius 1 is 1.09 bits per heavy atom. The van der Waals surface area contributed by atoms with Crippen LogP contribution in [0, 0.1) is 19.7 Å². The van der Waals surface area contributed by atoms with Crippen LogP contribution in [0.3, 0.4) is 0 Å². The Morgan fingerprint density at radius 3 is 2.44 bits per heavy atom. The van der Waals surface area contributed by atoms with Crippen molar-refractivity contribution in [1.29, 1.82) is 0 Å². The Labute approximate surface area is 190 Å². The first-order valence-electron chi connectivity index (χ1n) is 9.94. The van der Waals surface area contributed by atoms with Gasteiger partial charge in [-0.05, 0) is 56.3 Å². The molecular weight excluding hydrogens is 449 g/mol. The molecule has 5 nitrogen and oxygen atoms in total. The Bertz CT molecular complexity index is 1400. The minimum Gasteiger partial charge on any atom is -0.468 e. The van der Waals surface area contributed by atoms with Gasteiger partial charge in [0.05, 0.1) is 12.0 Å². The van der Waals surface area contributed by atoms with Crippen LogP contribution in [0.4, 0.5) is 4.39 Å². The lowest BCUT2D eigenvalue weighted by Crippen LogP contribution is -2.17. The number of sulfone groups is 1. The molecule has 0 amide bonds. The SMILES string of the molecule is COC(=O)Cn1c(C)c(C(c2ccc(C)s2)S(=O)(=O)c2ccccc2)c2cc(F)ccc21. The molecule has 4 aromatic rings. The van der Waals surface area contributed by atoms with Crippen LogP contribution < -0.4 is 0 Å². The van der Waals surface area contributed by atoms with E-state index in [1.165, 1.54) is 30.6 Å². The molecule has 2 heterocycles. The van der Waals surface area contributed by atoms with E-state index < -0.39 is 26.9 Å². The van der Waals surface area contributed by atoms with Crippen molar-refractivity contribution in [3.8, 4) is 0 Å². The maximum atomic E-state index is 14.3. The molecule has 166 valence electrons. The molecule has 2 aromatic carbocycles. The van der Waals surface area contributed by atoms with E-state index >= 15 is 0 Å². The highest BCUT2D eigenvalue weighted by Crippen LogP contribution is 2.43. The molecule has 0 aliphatic heterocycles. The first-order valence-corrected chi connectivity index (χ1v) is 12.3. The summed E-state index contributed by atoms with van der Waals surface area (Å²) >= 11 is 1.39. The lowest BCUT2D eigenvalue weighted by atomic mass is 10.1. The number of thiophene rings is 1. The third-order valence-corrected chi connectivity index (χ3v) is 8.77. The van der Waals surface area contributed by atoms with Crippen LogP contribution in [0.15, 0.2) is 65.6 Å². The van der Waals surface area contributed by atoms with Crippen molar-refractivity contribution in [3.05, 3.63) is 87.5 Å². The second-order valence-corrected chi connectivity index (χ2v) is 10.9. The number of hydrogen-bond acceptors (Lipinski definition) is 5. The zero-order valence-electron chi connectivity index (χ0n) is 17.8. The smallest absolute Gasteiger partial charge is 0.325 e. The van der Waals surface area contributed by atoms with Crippen molar-refractivity contribution < 1.29 is 22.3 Å². The summed E-state index contributed by atoms with van der Waals surface area (Å²) in [5.41, 5.74) is 1.62. The van der Waals surface area contributed by atoms with Crippen LogP contribution in [-0.2, 0) is 25.9 Å². The molecule has 0 radical (unpaired) electrons. The highest BCUT2D eigenvalue weighted by atomic mass is 32.2. The molecule has 0 spiro atoms. The third kappa shape index (κ3) is 3.84. The molecule has 32 heavy (non-hydrogen) atoms. The topological polar surface area (TPSA) is 65.4 Å². The average molecular weight is 472 g/mol. The second-order valence-electron chi connectivity index (χ2n) is 7.51. The van der Waals surface area contributed by atoms with Crippen LogP contribution in [0.25, 0.3) is 10.9 Å². The summed E-state index contributed by atoms with van der Waals surface area (Å²) in [5.74, 6) is -0.956. The molecule has 0 saturated heterocycles. The molecule has 0 N–H and O–H groups in total. The van der Waals surface area contributed by atoms with E-state index in [9.17, 15) is 17.6 Å². The first kappa shape index (κ1) is 22.2. The Hall–Kier alpha value is -2.97. The number of rotatable bonds is 6. The molecule has 0 bridgehead atoms. The number of aromatic nitrogens is 1. The molecule has 4 rings (SSSR count). The highest BCUT2D eigenvalue weighted by molar-refractivity contribution is 7.92. The van der Waals surface area contributed by atoms with Gasteiger partial charge in [-0.1, -0.05) is 18.2 Å². The van der Waals surface area contributed by atoms with Crippen molar-refractivity contribution in [2.75, 3.05) is 7.11 Å². The summed E-state index contributed by atoms with van der Waals surface area (Å²) in [7, 11) is -2.59. The van der Waals surface area contributed by atoms with Gasteiger partial charge in [0.2, 0.25) is 0 Å². The molecule has 0 saturated carbocycles. The van der Waals surface area contributed by atoms with Gasteiger partial charge in [-0.3, -0.25) is 4.79 Å². The van der Waals surface area contributed by atoms with Crippen LogP contribution in [0.2, 0.25) is 0 Å². The number of carbonyl (C=O) groups excluding carboxylic acids is 1. The predicted octanol–water partition coefficient (Wildman–Crippen LogP) is 5.20. The Morgan fingerprint density at radius 2 is 1.81 bits per heavy atom. The normalized spacial score (nSPS) is 12.8. The van der Waals surface area contributed by atoms with Crippen LogP contribution in [-0.4, -0.2) is 26.1 Å². The van der Waals surface area contributed by atoms with Gasteiger partial charge >= 0.3 is 5.97 Å². The summed E-state index contributed by atoms with van der Waals surface area (Å²) in [6, 6.07) is 16.1. The number of methoxy groups -OCH3 is 1. The number of ether oxygens (including phenoxy) is 1. The van der Waals surface area contributed by atoms with E-state index in [0.29, 0.717) is 27.0 Å². The van der Waals surface area contributed by atoms with Crippen molar-refractivity contribution in [2.24, 2.45) is 0 Å². The quantitative estimate of drug-likeness (QED) is 0.363. The fourth-order valence-corrected chi connectivity index (χ4v) is 7.19. The van der Waals surface area contributed by atoms with Crippen LogP contribution in [0.5, 0.6) is 0 Å². The fraction of sp³-hybridized carbons (Fsp3) is 0.208.